The van der Waals surface area contributed by atoms with Crippen molar-refractivity contribution < 1.29 is 4.74 Å². The Morgan fingerprint density at radius 3 is 2.74 bits per heavy atom. The second-order valence-corrected chi connectivity index (χ2v) is 5.86. The Labute approximate surface area is 115 Å². The molecule has 1 N–H and O–H groups in total. The van der Waals surface area contributed by atoms with Gasteiger partial charge in [0.05, 0.1) is 11.6 Å². The zero-order valence-electron chi connectivity index (χ0n) is 11.6. The highest BCUT2D eigenvalue weighted by Gasteiger charge is 2.42. The van der Waals surface area contributed by atoms with Crippen LogP contribution in [0.4, 0.5) is 0 Å². The standard InChI is InChI=1S/C15H23N3O/c1-16-13(14-17-8-4-9-18-14)12-5-10-19-15(11-12)6-2-3-7-15/h4,8-9,12-13,16H,2-3,5-7,10-11H2,1H3. The van der Waals surface area contributed by atoms with Crippen molar-refractivity contribution in [3.63, 3.8) is 0 Å². The summed E-state index contributed by atoms with van der Waals surface area (Å²) in [6.45, 7) is 0.885. The van der Waals surface area contributed by atoms with Gasteiger partial charge in [-0.3, -0.25) is 0 Å². The van der Waals surface area contributed by atoms with Gasteiger partial charge in [0.1, 0.15) is 5.82 Å². The van der Waals surface area contributed by atoms with Crippen molar-refractivity contribution in [3.8, 4) is 0 Å². The Hall–Kier alpha value is -1.00. The predicted octanol–water partition coefficient (Wildman–Crippen LogP) is 2.48. The smallest absolute Gasteiger partial charge is 0.145 e. The Balaban J connectivity index is 1.76. The summed E-state index contributed by atoms with van der Waals surface area (Å²) in [6.07, 6.45) is 11.0. The lowest BCUT2D eigenvalue weighted by atomic mass is 9.80. The summed E-state index contributed by atoms with van der Waals surface area (Å²) in [5.74, 6) is 1.50. The monoisotopic (exact) mass is 261 g/mol. The fourth-order valence-corrected chi connectivity index (χ4v) is 3.76. The molecule has 2 unspecified atom stereocenters. The predicted molar refractivity (Wildman–Crippen MR) is 73.7 cm³/mol. The Morgan fingerprint density at radius 2 is 2.05 bits per heavy atom. The van der Waals surface area contributed by atoms with Crippen LogP contribution >= 0.6 is 0 Å². The molecule has 4 heteroatoms. The fraction of sp³-hybridized carbons (Fsp3) is 0.733. The van der Waals surface area contributed by atoms with Crippen molar-refractivity contribution in [1.29, 1.82) is 0 Å². The molecule has 1 spiro atoms. The summed E-state index contributed by atoms with van der Waals surface area (Å²) in [5, 5.41) is 3.41. The van der Waals surface area contributed by atoms with Crippen LogP contribution in [0.2, 0.25) is 0 Å². The van der Waals surface area contributed by atoms with Gasteiger partial charge in [0.25, 0.3) is 0 Å². The Bertz CT molecular complexity index is 403. The van der Waals surface area contributed by atoms with Crippen molar-refractivity contribution in [1.82, 2.24) is 15.3 Å². The first-order valence-corrected chi connectivity index (χ1v) is 7.41. The van der Waals surface area contributed by atoms with Gasteiger partial charge in [-0.05, 0) is 44.7 Å². The van der Waals surface area contributed by atoms with Crippen LogP contribution in [0.3, 0.4) is 0 Å². The lowest BCUT2D eigenvalue weighted by Crippen LogP contribution is -2.41. The van der Waals surface area contributed by atoms with Crippen molar-refractivity contribution >= 4 is 0 Å². The molecule has 1 aliphatic heterocycles. The first kappa shape index (κ1) is 13.0. The Morgan fingerprint density at radius 1 is 1.32 bits per heavy atom. The third-order valence-electron chi connectivity index (χ3n) is 4.69. The third kappa shape index (κ3) is 2.65. The van der Waals surface area contributed by atoms with Crippen LogP contribution in [-0.4, -0.2) is 29.2 Å². The average Bonchev–Trinajstić information content (AvgIpc) is 2.89. The van der Waals surface area contributed by atoms with E-state index in [4.69, 9.17) is 4.74 Å². The van der Waals surface area contributed by atoms with Crippen molar-refractivity contribution in [3.05, 3.63) is 24.3 Å². The van der Waals surface area contributed by atoms with E-state index >= 15 is 0 Å². The van der Waals surface area contributed by atoms with Crippen LogP contribution in [0.1, 0.15) is 50.4 Å². The second kappa shape index (κ2) is 5.55. The van der Waals surface area contributed by atoms with Crippen LogP contribution < -0.4 is 5.32 Å². The van der Waals surface area contributed by atoms with Gasteiger partial charge in [0.2, 0.25) is 0 Å². The van der Waals surface area contributed by atoms with Gasteiger partial charge in [-0.2, -0.15) is 0 Å². The van der Waals surface area contributed by atoms with Crippen LogP contribution in [0.25, 0.3) is 0 Å². The van der Waals surface area contributed by atoms with Crippen molar-refractivity contribution in [2.75, 3.05) is 13.7 Å². The lowest BCUT2D eigenvalue weighted by molar-refractivity contribution is -0.0982. The SMILES string of the molecule is CNC(c1ncccn1)C1CCOC2(CCCC2)C1. The van der Waals surface area contributed by atoms with E-state index in [1.54, 1.807) is 0 Å². The van der Waals surface area contributed by atoms with Crippen molar-refractivity contribution in [2.45, 2.75) is 50.2 Å². The maximum Gasteiger partial charge on any atom is 0.145 e. The molecule has 1 saturated carbocycles. The molecule has 1 aromatic rings. The van der Waals surface area contributed by atoms with E-state index in [1.807, 2.05) is 25.5 Å². The topological polar surface area (TPSA) is 47.0 Å². The van der Waals surface area contributed by atoms with Crippen molar-refractivity contribution in [2.24, 2.45) is 5.92 Å². The zero-order valence-corrected chi connectivity index (χ0v) is 11.6. The van der Waals surface area contributed by atoms with Crippen LogP contribution in [0.15, 0.2) is 18.5 Å². The van der Waals surface area contributed by atoms with E-state index in [9.17, 15) is 0 Å². The largest absolute Gasteiger partial charge is 0.375 e. The number of ether oxygens (including phenoxy) is 1. The van der Waals surface area contributed by atoms with Crippen LogP contribution in [0, 0.1) is 5.92 Å². The van der Waals surface area contributed by atoms with Gasteiger partial charge in [-0.15, -0.1) is 0 Å². The summed E-state index contributed by atoms with van der Waals surface area (Å²) in [5.41, 5.74) is 0.160. The molecule has 0 aromatic carbocycles. The van der Waals surface area contributed by atoms with Gasteiger partial charge in [-0.1, -0.05) is 12.8 Å². The Kier molecular flexibility index (Phi) is 3.80. The first-order valence-electron chi connectivity index (χ1n) is 7.41. The molecule has 1 aromatic heterocycles. The molecule has 104 valence electrons. The third-order valence-corrected chi connectivity index (χ3v) is 4.69. The highest BCUT2D eigenvalue weighted by atomic mass is 16.5. The van der Waals surface area contributed by atoms with E-state index in [-0.39, 0.29) is 11.6 Å². The summed E-state index contributed by atoms with van der Waals surface area (Å²) in [4.78, 5) is 8.85. The highest BCUT2D eigenvalue weighted by molar-refractivity contribution is 5.02. The number of hydrogen-bond acceptors (Lipinski definition) is 4. The number of nitrogens with one attached hydrogen (secondary N) is 1. The summed E-state index contributed by atoms with van der Waals surface area (Å²) < 4.78 is 6.12. The van der Waals surface area contributed by atoms with Crippen LogP contribution in [0.5, 0.6) is 0 Å². The summed E-state index contributed by atoms with van der Waals surface area (Å²) in [6, 6.07) is 2.13. The minimum atomic E-state index is 0.160. The molecular formula is C15H23N3O. The molecule has 1 aliphatic carbocycles. The van der Waals surface area contributed by atoms with Gasteiger partial charge in [0, 0.05) is 19.0 Å². The van der Waals surface area contributed by atoms with Gasteiger partial charge in [-0.25, -0.2) is 9.97 Å². The number of rotatable bonds is 3. The molecule has 1 saturated heterocycles. The molecule has 2 fully saturated rings. The summed E-state index contributed by atoms with van der Waals surface area (Å²) in [7, 11) is 2.01. The molecule has 0 amide bonds. The zero-order chi connectivity index (χ0) is 13.1. The van der Waals surface area contributed by atoms with E-state index in [0.717, 1.165) is 25.3 Å². The molecule has 19 heavy (non-hydrogen) atoms. The number of nitrogens with zero attached hydrogens (tertiary/aromatic N) is 2. The molecule has 2 atom stereocenters. The van der Waals surface area contributed by atoms with Gasteiger partial charge >= 0.3 is 0 Å². The molecule has 2 heterocycles. The van der Waals surface area contributed by atoms with E-state index in [1.165, 1.54) is 25.7 Å². The molecule has 0 radical (unpaired) electrons. The van der Waals surface area contributed by atoms with Crippen LogP contribution in [-0.2, 0) is 4.74 Å². The lowest BCUT2D eigenvalue weighted by Gasteiger charge is -2.40. The minimum Gasteiger partial charge on any atom is -0.375 e. The number of aromatic nitrogens is 2. The summed E-state index contributed by atoms with van der Waals surface area (Å²) >= 11 is 0. The quantitative estimate of drug-likeness (QED) is 0.908. The second-order valence-electron chi connectivity index (χ2n) is 5.86. The van der Waals surface area contributed by atoms with E-state index in [0.29, 0.717) is 5.92 Å². The fourth-order valence-electron chi connectivity index (χ4n) is 3.76. The maximum atomic E-state index is 6.12. The molecule has 2 aliphatic rings. The molecule has 4 nitrogen and oxygen atoms in total. The normalized spacial score (nSPS) is 27.5. The molecular weight excluding hydrogens is 238 g/mol. The first-order chi connectivity index (χ1) is 9.33. The van der Waals surface area contributed by atoms with Gasteiger partial charge < -0.3 is 10.1 Å². The number of hydrogen-bond donors (Lipinski definition) is 1. The van der Waals surface area contributed by atoms with E-state index in [2.05, 4.69) is 15.3 Å². The van der Waals surface area contributed by atoms with Gasteiger partial charge in [0.15, 0.2) is 0 Å². The minimum absolute atomic E-state index is 0.160. The average molecular weight is 261 g/mol. The van der Waals surface area contributed by atoms with E-state index < -0.39 is 0 Å². The molecule has 3 rings (SSSR count). The maximum absolute atomic E-state index is 6.12. The molecule has 0 bridgehead atoms. The highest BCUT2D eigenvalue weighted by Crippen LogP contribution is 2.44.